The first-order chi connectivity index (χ1) is 14.7. The molecule has 1 saturated carbocycles. The molecule has 2 aliphatic rings. The fourth-order valence-electron chi connectivity index (χ4n) is 2.99. The van der Waals surface area contributed by atoms with E-state index in [0.29, 0.717) is 6.61 Å². The van der Waals surface area contributed by atoms with Crippen molar-refractivity contribution < 1.29 is 32.3 Å². The number of esters is 1. The minimum atomic E-state index is -3.72. The summed E-state index contributed by atoms with van der Waals surface area (Å²) in [5.74, 6) is -1.54. The second-order valence-corrected chi connectivity index (χ2v) is 9.45. The SMILES string of the molecule is CN(CC(=O)NC1CC1)C(=O)COC(=O)c1ccc(S(=O)(=O)NCC2CCCO2)cc1. The largest absolute Gasteiger partial charge is 0.452 e. The van der Waals surface area contributed by atoms with Crippen LogP contribution >= 0.6 is 0 Å². The van der Waals surface area contributed by atoms with Crippen molar-refractivity contribution in [2.24, 2.45) is 0 Å². The lowest BCUT2D eigenvalue weighted by atomic mass is 10.2. The molecule has 11 heteroatoms. The molecule has 1 aliphatic heterocycles. The molecule has 2 fully saturated rings. The van der Waals surface area contributed by atoms with E-state index in [0.717, 1.165) is 25.7 Å². The van der Waals surface area contributed by atoms with E-state index >= 15 is 0 Å². The molecule has 170 valence electrons. The van der Waals surface area contributed by atoms with E-state index in [-0.39, 0.29) is 41.6 Å². The highest BCUT2D eigenvalue weighted by atomic mass is 32.2. The summed E-state index contributed by atoms with van der Waals surface area (Å²) in [5.41, 5.74) is 0.111. The third kappa shape index (κ3) is 7.01. The van der Waals surface area contributed by atoms with Crippen molar-refractivity contribution in [3.8, 4) is 0 Å². The summed E-state index contributed by atoms with van der Waals surface area (Å²) in [7, 11) is -2.27. The summed E-state index contributed by atoms with van der Waals surface area (Å²) < 4.78 is 37.6. The third-order valence-corrected chi connectivity index (χ3v) is 6.44. The molecule has 1 aromatic rings. The maximum absolute atomic E-state index is 12.4. The Labute approximate surface area is 181 Å². The molecule has 1 saturated heterocycles. The van der Waals surface area contributed by atoms with Gasteiger partial charge in [-0.1, -0.05) is 0 Å². The lowest BCUT2D eigenvalue weighted by molar-refractivity contribution is -0.137. The Kier molecular flexibility index (Phi) is 7.63. The summed E-state index contributed by atoms with van der Waals surface area (Å²) in [6.07, 6.45) is 3.50. The minimum absolute atomic E-state index is 0.0135. The van der Waals surface area contributed by atoms with Crippen molar-refractivity contribution in [1.82, 2.24) is 14.9 Å². The molecule has 1 aromatic carbocycles. The van der Waals surface area contributed by atoms with Gasteiger partial charge in [0, 0.05) is 26.2 Å². The monoisotopic (exact) mass is 453 g/mol. The highest BCUT2D eigenvalue weighted by Crippen LogP contribution is 2.18. The number of sulfonamides is 1. The van der Waals surface area contributed by atoms with Crippen LogP contribution in [-0.4, -0.2) is 76.6 Å². The van der Waals surface area contributed by atoms with E-state index in [1.165, 1.54) is 36.2 Å². The van der Waals surface area contributed by atoms with Gasteiger partial charge in [0.05, 0.1) is 23.1 Å². The average molecular weight is 454 g/mol. The van der Waals surface area contributed by atoms with E-state index in [1.54, 1.807) is 0 Å². The molecule has 1 atom stereocenters. The lowest BCUT2D eigenvalue weighted by Crippen LogP contribution is -2.40. The second-order valence-electron chi connectivity index (χ2n) is 7.68. The molecule has 2 amide bonds. The first-order valence-electron chi connectivity index (χ1n) is 10.2. The Morgan fingerprint density at radius 2 is 1.87 bits per heavy atom. The van der Waals surface area contributed by atoms with Crippen LogP contribution in [0.25, 0.3) is 0 Å². The minimum Gasteiger partial charge on any atom is -0.452 e. The Bertz CT molecular complexity index is 907. The van der Waals surface area contributed by atoms with Crippen LogP contribution in [0.15, 0.2) is 29.2 Å². The molecule has 0 spiro atoms. The van der Waals surface area contributed by atoms with Crippen LogP contribution in [-0.2, 0) is 29.1 Å². The number of nitrogens with one attached hydrogen (secondary N) is 2. The number of likely N-dealkylation sites (N-methyl/N-ethyl adjacent to an activating group) is 1. The molecule has 10 nitrogen and oxygen atoms in total. The summed E-state index contributed by atoms with van der Waals surface area (Å²) >= 11 is 0. The Morgan fingerprint density at radius 3 is 2.48 bits per heavy atom. The first-order valence-corrected chi connectivity index (χ1v) is 11.6. The highest BCUT2D eigenvalue weighted by molar-refractivity contribution is 7.89. The first kappa shape index (κ1) is 23.2. The average Bonchev–Trinajstić information content (AvgIpc) is 3.39. The number of carbonyl (C=O) groups excluding carboxylic acids is 3. The van der Waals surface area contributed by atoms with Crippen molar-refractivity contribution in [2.75, 3.05) is 33.4 Å². The van der Waals surface area contributed by atoms with E-state index in [9.17, 15) is 22.8 Å². The number of carbonyl (C=O) groups is 3. The van der Waals surface area contributed by atoms with Crippen LogP contribution in [0.4, 0.5) is 0 Å². The van der Waals surface area contributed by atoms with Crippen LogP contribution in [0.5, 0.6) is 0 Å². The summed E-state index contributed by atoms with van der Waals surface area (Å²) in [6.45, 7) is 0.197. The predicted molar refractivity (Wildman–Crippen MR) is 110 cm³/mol. The highest BCUT2D eigenvalue weighted by Gasteiger charge is 2.25. The van der Waals surface area contributed by atoms with Crippen LogP contribution in [0, 0.1) is 0 Å². The zero-order chi connectivity index (χ0) is 22.4. The Hall–Kier alpha value is -2.50. The smallest absolute Gasteiger partial charge is 0.338 e. The molecule has 31 heavy (non-hydrogen) atoms. The zero-order valence-corrected chi connectivity index (χ0v) is 18.2. The van der Waals surface area contributed by atoms with E-state index in [2.05, 4.69) is 10.0 Å². The quantitative estimate of drug-likeness (QED) is 0.478. The van der Waals surface area contributed by atoms with Gasteiger partial charge in [-0.3, -0.25) is 9.59 Å². The Balaban J connectivity index is 1.45. The van der Waals surface area contributed by atoms with Gasteiger partial charge < -0.3 is 19.7 Å². The van der Waals surface area contributed by atoms with Gasteiger partial charge in [-0.2, -0.15) is 0 Å². The van der Waals surface area contributed by atoms with Gasteiger partial charge in [0.15, 0.2) is 6.61 Å². The van der Waals surface area contributed by atoms with Gasteiger partial charge in [0.2, 0.25) is 15.9 Å². The van der Waals surface area contributed by atoms with E-state index < -0.39 is 28.5 Å². The van der Waals surface area contributed by atoms with Crippen molar-refractivity contribution in [1.29, 1.82) is 0 Å². The zero-order valence-electron chi connectivity index (χ0n) is 17.3. The summed E-state index contributed by atoms with van der Waals surface area (Å²) in [4.78, 5) is 37.1. The van der Waals surface area contributed by atoms with Gasteiger partial charge in [-0.15, -0.1) is 0 Å². The molecule has 3 rings (SSSR count). The maximum atomic E-state index is 12.4. The normalized spacial score (nSPS) is 18.4. The molecular formula is C20H27N3O7S. The molecular weight excluding hydrogens is 426 g/mol. The molecule has 1 heterocycles. The van der Waals surface area contributed by atoms with Crippen LogP contribution in [0.3, 0.4) is 0 Å². The maximum Gasteiger partial charge on any atom is 0.338 e. The topological polar surface area (TPSA) is 131 Å². The fourth-order valence-corrected chi connectivity index (χ4v) is 4.05. The molecule has 0 aromatic heterocycles. The van der Waals surface area contributed by atoms with Gasteiger partial charge in [-0.05, 0) is 49.9 Å². The Morgan fingerprint density at radius 1 is 1.16 bits per heavy atom. The van der Waals surface area contributed by atoms with Crippen molar-refractivity contribution >= 4 is 27.8 Å². The third-order valence-electron chi connectivity index (χ3n) is 5.00. The predicted octanol–water partition coefficient (Wildman–Crippen LogP) is 0.0377. The summed E-state index contributed by atoms with van der Waals surface area (Å²) in [6, 6.07) is 5.43. The van der Waals surface area contributed by atoms with Gasteiger partial charge in [0.1, 0.15) is 0 Å². The molecule has 1 unspecified atom stereocenters. The number of rotatable bonds is 10. The lowest BCUT2D eigenvalue weighted by Gasteiger charge is -2.16. The molecule has 0 radical (unpaired) electrons. The van der Waals surface area contributed by atoms with E-state index in [1.807, 2.05) is 0 Å². The standard InChI is InChI=1S/C20H27N3O7S/c1-23(12-18(24)22-15-6-7-15)19(25)13-30-20(26)14-4-8-17(9-5-14)31(27,28)21-11-16-3-2-10-29-16/h4-5,8-9,15-16,21H,2-3,6-7,10-13H2,1H3,(H,22,24). The molecule has 1 aliphatic carbocycles. The van der Waals surface area contributed by atoms with Gasteiger partial charge >= 0.3 is 5.97 Å². The summed E-state index contributed by atoms with van der Waals surface area (Å²) in [5, 5.41) is 2.77. The molecule has 2 N–H and O–H groups in total. The van der Waals surface area contributed by atoms with Gasteiger partial charge in [-0.25, -0.2) is 17.9 Å². The fraction of sp³-hybridized carbons (Fsp3) is 0.550. The number of amides is 2. The van der Waals surface area contributed by atoms with Crippen LogP contribution in [0.1, 0.15) is 36.0 Å². The number of benzene rings is 1. The van der Waals surface area contributed by atoms with Crippen molar-refractivity contribution in [3.05, 3.63) is 29.8 Å². The number of ether oxygens (including phenoxy) is 2. The van der Waals surface area contributed by atoms with Crippen molar-refractivity contribution in [3.63, 3.8) is 0 Å². The van der Waals surface area contributed by atoms with Crippen LogP contribution < -0.4 is 10.0 Å². The van der Waals surface area contributed by atoms with Gasteiger partial charge in [0.25, 0.3) is 5.91 Å². The van der Waals surface area contributed by atoms with Crippen LogP contribution in [0.2, 0.25) is 0 Å². The second kappa shape index (κ2) is 10.2. The number of hydrogen-bond donors (Lipinski definition) is 2. The van der Waals surface area contributed by atoms with E-state index in [4.69, 9.17) is 9.47 Å². The van der Waals surface area contributed by atoms with Crippen molar-refractivity contribution in [2.45, 2.75) is 42.7 Å². The molecule has 0 bridgehead atoms. The number of hydrogen-bond acceptors (Lipinski definition) is 7. The number of nitrogens with zero attached hydrogens (tertiary/aromatic N) is 1.